The van der Waals surface area contributed by atoms with Crippen LogP contribution < -0.4 is 4.90 Å². The van der Waals surface area contributed by atoms with Gasteiger partial charge in [0.05, 0.1) is 5.54 Å². The lowest BCUT2D eigenvalue weighted by Gasteiger charge is -2.31. The maximum atomic E-state index is 13.9. The number of hydrogen-bond donors (Lipinski definition) is 2. The van der Waals surface area contributed by atoms with Crippen molar-refractivity contribution in [2.75, 3.05) is 6.54 Å². The van der Waals surface area contributed by atoms with Crippen LogP contribution in [0.2, 0.25) is 0 Å². The molecule has 0 radical (unpaired) electrons. The predicted octanol–water partition coefficient (Wildman–Crippen LogP) is 3.95. The standard InChI is InChI=1S/C27H28FNO/c1-26(2,3)29(21-22-12-6-4-7-13-22)19-11-18-27(30,23-14-8-5-9-15-23)24-16-10-17-25(28)20-24/h4-10,12-17,20,30H,19,21H2,1-3H3/p+1/t27-/m1/s1. The zero-order valence-corrected chi connectivity index (χ0v) is 17.8. The quantitative estimate of drug-likeness (QED) is 0.621. The fourth-order valence-electron chi connectivity index (χ4n) is 3.42. The summed E-state index contributed by atoms with van der Waals surface area (Å²) in [5.74, 6) is 5.88. The molecule has 3 rings (SSSR count). The molecule has 0 spiro atoms. The Balaban J connectivity index is 1.93. The van der Waals surface area contributed by atoms with Crippen molar-refractivity contribution < 1.29 is 14.4 Å². The van der Waals surface area contributed by atoms with Crippen molar-refractivity contribution in [2.24, 2.45) is 0 Å². The first-order valence-electron chi connectivity index (χ1n) is 10.2. The highest BCUT2D eigenvalue weighted by atomic mass is 19.1. The van der Waals surface area contributed by atoms with Crippen LogP contribution in [0.1, 0.15) is 37.5 Å². The van der Waals surface area contributed by atoms with Gasteiger partial charge in [0.2, 0.25) is 0 Å². The minimum absolute atomic E-state index is 0.0196. The first-order chi connectivity index (χ1) is 14.3. The molecule has 2 N–H and O–H groups in total. The number of benzene rings is 3. The highest BCUT2D eigenvalue weighted by Gasteiger charge is 2.30. The minimum atomic E-state index is -1.57. The third-order valence-electron chi connectivity index (χ3n) is 5.33. The van der Waals surface area contributed by atoms with Gasteiger partial charge in [-0.05, 0) is 38.8 Å². The van der Waals surface area contributed by atoms with Crippen LogP contribution in [0.5, 0.6) is 0 Å². The summed E-state index contributed by atoms with van der Waals surface area (Å²) in [6.45, 7) is 7.94. The first kappa shape index (κ1) is 21.8. The highest BCUT2D eigenvalue weighted by Crippen LogP contribution is 2.29. The molecular formula is C27H29FNO+. The molecule has 2 nitrogen and oxygen atoms in total. The van der Waals surface area contributed by atoms with Gasteiger partial charge in [-0.25, -0.2) is 4.39 Å². The van der Waals surface area contributed by atoms with E-state index in [0.717, 1.165) is 6.54 Å². The molecule has 154 valence electrons. The summed E-state index contributed by atoms with van der Waals surface area (Å²) < 4.78 is 13.9. The van der Waals surface area contributed by atoms with E-state index in [0.29, 0.717) is 17.7 Å². The Kier molecular flexibility index (Phi) is 6.72. The molecule has 0 aromatic heterocycles. The average molecular weight is 403 g/mol. The monoisotopic (exact) mass is 402 g/mol. The second-order valence-corrected chi connectivity index (χ2v) is 8.58. The van der Waals surface area contributed by atoms with Crippen molar-refractivity contribution in [3.05, 3.63) is 107 Å². The van der Waals surface area contributed by atoms with Crippen molar-refractivity contribution in [1.29, 1.82) is 0 Å². The van der Waals surface area contributed by atoms with E-state index in [9.17, 15) is 9.50 Å². The number of nitrogens with one attached hydrogen (secondary N) is 1. The van der Waals surface area contributed by atoms with Gasteiger partial charge in [0.25, 0.3) is 0 Å². The molecule has 30 heavy (non-hydrogen) atoms. The Labute approximate surface area is 179 Å². The highest BCUT2D eigenvalue weighted by molar-refractivity contribution is 5.44. The molecule has 0 saturated heterocycles. The Hall–Kier alpha value is -2.93. The summed E-state index contributed by atoms with van der Waals surface area (Å²) in [5.41, 5.74) is 0.713. The van der Waals surface area contributed by atoms with Gasteiger partial charge in [-0.15, -0.1) is 0 Å². The van der Waals surface area contributed by atoms with Crippen LogP contribution >= 0.6 is 0 Å². The maximum Gasteiger partial charge on any atom is 0.177 e. The summed E-state index contributed by atoms with van der Waals surface area (Å²) in [6.07, 6.45) is 0. The van der Waals surface area contributed by atoms with E-state index in [2.05, 4.69) is 44.7 Å². The zero-order valence-electron chi connectivity index (χ0n) is 17.8. The third kappa shape index (κ3) is 5.36. The van der Waals surface area contributed by atoms with Gasteiger partial charge in [-0.1, -0.05) is 78.7 Å². The van der Waals surface area contributed by atoms with Gasteiger partial charge in [0, 0.05) is 16.7 Å². The number of hydrogen-bond acceptors (Lipinski definition) is 1. The van der Waals surface area contributed by atoms with Crippen LogP contribution in [-0.2, 0) is 12.1 Å². The number of quaternary nitrogens is 1. The second-order valence-electron chi connectivity index (χ2n) is 8.58. The summed E-state index contributed by atoms with van der Waals surface area (Å²) in [7, 11) is 0. The predicted molar refractivity (Wildman–Crippen MR) is 119 cm³/mol. The van der Waals surface area contributed by atoms with E-state index in [4.69, 9.17) is 0 Å². The van der Waals surface area contributed by atoms with Crippen LogP contribution in [-0.4, -0.2) is 17.2 Å². The molecule has 3 aromatic carbocycles. The van der Waals surface area contributed by atoms with Crippen LogP contribution in [0, 0.1) is 17.7 Å². The summed E-state index contributed by atoms with van der Waals surface area (Å²) in [6, 6.07) is 25.6. The van der Waals surface area contributed by atoms with E-state index in [1.54, 1.807) is 12.1 Å². The maximum absolute atomic E-state index is 13.9. The minimum Gasteiger partial charge on any atom is -0.369 e. The van der Waals surface area contributed by atoms with Crippen LogP contribution in [0.15, 0.2) is 84.9 Å². The lowest BCUT2D eigenvalue weighted by Crippen LogP contribution is -3.17. The Morgan fingerprint density at radius 3 is 2.03 bits per heavy atom. The number of rotatable bonds is 5. The Morgan fingerprint density at radius 1 is 0.833 bits per heavy atom. The van der Waals surface area contributed by atoms with E-state index in [-0.39, 0.29) is 5.54 Å². The fourth-order valence-corrected chi connectivity index (χ4v) is 3.42. The molecular weight excluding hydrogens is 373 g/mol. The van der Waals surface area contributed by atoms with E-state index in [1.807, 2.05) is 48.5 Å². The molecule has 2 atom stereocenters. The van der Waals surface area contributed by atoms with Crippen LogP contribution in [0.25, 0.3) is 0 Å². The normalized spacial score (nSPS) is 14.3. The summed E-state index contributed by atoms with van der Waals surface area (Å²) in [5, 5.41) is 11.5. The lowest BCUT2D eigenvalue weighted by atomic mass is 9.87. The van der Waals surface area contributed by atoms with Gasteiger partial charge in [0.15, 0.2) is 5.60 Å². The second kappa shape index (κ2) is 9.26. The number of halogens is 1. The third-order valence-corrected chi connectivity index (χ3v) is 5.33. The van der Waals surface area contributed by atoms with E-state index >= 15 is 0 Å². The van der Waals surface area contributed by atoms with Crippen LogP contribution in [0.3, 0.4) is 0 Å². The molecule has 3 heteroatoms. The largest absolute Gasteiger partial charge is 0.369 e. The van der Waals surface area contributed by atoms with Gasteiger partial charge >= 0.3 is 0 Å². The molecule has 0 aliphatic heterocycles. The molecule has 0 amide bonds. The van der Waals surface area contributed by atoms with Crippen molar-refractivity contribution >= 4 is 0 Å². The molecule has 0 heterocycles. The van der Waals surface area contributed by atoms with Crippen molar-refractivity contribution in [1.82, 2.24) is 0 Å². The first-order valence-corrected chi connectivity index (χ1v) is 10.2. The van der Waals surface area contributed by atoms with Crippen molar-refractivity contribution in [3.8, 4) is 11.8 Å². The summed E-state index contributed by atoms with van der Waals surface area (Å²) in [4.78, 5) is 1.29. The Bertz CT molecular complexity index is 1020. The fraction of sp³-hybridized carbons (Fsp3) is 0.259. The van der Waals surface area contributed by atoms with E-state index in [1.165, 1.54) is 22.6 Å². The Morgan fingerprint density at radius 2 is 1.43 bits per heavy atom. The average Bonchev–Trinajstić information content (AvgIpc) is 2.73. The molecule has 1 unspecified atom stereocenters. The van der Waals surface area contributed by atoms with Crippen molar-refractivity contribution in [3.63, 3.8) is 0 Å². The van der Waals surface area contributed by atoms with E-state index < -0.39 is 11.4 Å². The van der Waals surface area contributed by atoms with Crippen LogP contribution in [0.4, 0.5) is 4.39 Å². The topological polar surface area (TPSA) is 24.7 Å². The smallest absolute Gasteiger partial charge is 0.177 e. The molecule has 0 aliphatic carbocycles. The van der Waals surface area contributed by atoms with Gasteiger partial charge in [0.1, 0.15) is 18.9 Å². The molecule has 0 aliphatic rings. The van der Waals surface area contributed by atoms with Crippen molar-refractivity contribution in [2.45, 2.75) is 38.5 Å². The lowest BCUT2D eigenvalue weighted by molar-refractivity contribution is -0.953. The number of aliphatic hydroxyl groups is 1. The molecule has 0 bridgehead atoms. The van der Waals surface area contributed by atoms with Gasteiger partial charge in [-0.2, -0.15) is 0 Å². The SMILES string of the molecule is CC(C)(C)[NH+](CC#C[C@@](O)(c1ccccc1)c1cccc(F)c1)Cc1ccccc1. The molecule has 3 aromatic rings. The zero-order chi connectivity index (χ0) is 21.6. The van der Waals surface area contributed by atoms with Gasteiger partial charge < -0.3 is 10.0 Å². The summed E-state index contributed by atoms with van der Waals surface area (Å²) >= 11 is 0. The van der Waals surface area contributed by atoms with Gasteiger partial charge in [-0.3, -0.25) is 0 Å². The molecule has 0 fully saturated rings. The molecule has 0 saturated carbocycles.